The lowest BCUT2D eigenvalue weighted by Crippen LogP contribution is -2.29. The molecule has 1 saturated heterocycles. The Morgan fingerprint density at radius 1 is 1.00 bits per heavy atom. The summed E-state index contributed by atoms with van der Waals surface area (Å²) in [5.74, 6) is 0. The Morgan fingerprint density at radius 2 is 1.56 bits per heavy atom. The van der Waals surface area contributed by atoms with Gasteiger partial charge in [-0.25, -0.2) is 0 Å². The molecule has 2 rings (SSSR count). The third-order valence-corrected chi connectivity index (χ3v) is 4.03. The fourth-order valence-corrected chi connectivity index (χ4v) is 2.90. The van der Waals surface area contributed by atoms with Gasteiger partial charge in [-0.05, 0) is 55.5 Å². The summed E-state index contributed by atoms with van der Waals surface area (Å²) in [6, 6.07) is 4.62. The summed E-state index contributed by atoms with van der Waals surface area (Å²) >= 11 is 0. The van der Waals surface area contributed by atoms with Crippen molar-refractivity contribution in [3.63, 3.8) is 0 Å². The van der Waals surface area contributed by atoms with E-state index in [0.717, 1.165) is 25.1 Å². The molecule has 0 saturated carbocycles. The second-order valence-corrected chi connectivity index (χ2v) is 5.37. The molecule has 0 aliphatic carbocycles. The van der Waals surface area contributed by atoms with Crippen molar-refractivity contribution in [3.05, 3.63) is 28.8 Å². The SMILES string of the molecule is CCc1cc(CN2CCCCC2)cc(CC)c1N. The van der Waals surface area contributed by atoms with Crippen LogP contribution in [0.4, 0.5) is 5.69 Å². The molecule has 0 bridgehead atoms. The maximum Gasteiger partial charge on any atom is 0.0379 e. The van der Waals surface area contributed by atoms with Gasteiger partial charge in [0, 0.05) is 12.2 Å². The first kappa shape index (κ1) is 13.4. The minimum atomic E-state index is 1.02. The summed E-state index contributed by atoms with van der Waals surface area (Å²) < 4.78 is 0. The molecule has 2 nitrogen and oxygen atoms in total. The number of nitrogen functional groups attached to an aromatic ring is 1. The second-order valence-electron chi connectivity index (χ2n) is 5.37. The topological polar surface area (TPSA) is 29.3 Å². The Hall–Kier alpha value is -1.02. The maximum atomic E-state index is 6.19. The van der Waals surface area contributed by atoms with Crippen LogP contribution in [0.5, 0.6) is 0 Å². The van der Waals surface area contributed by atoms with Crippen molar-refractivity contribution in [2.45, 2.75) is 52.5 Å². The molecule has 1 fully saturated rings. The van der Waals surface area contributed by atoms with Crippen LogP contribution in [0.25, 0.3) is 0 Å². The van der Waals surface area contributed by atoms with Crippen molar-refractivity contribution in [2.24, 2.45) is 0 Å². The normalized spacial score (nSPS) is 17.0. The molecule has 1 aromatic carbocycles. The van der Waals surface area contributed by atoms with E-state index in [-0.39, 0.29) is 0 Å². The number of aryl methyl sites for hydroxylation is 2. The fraction of sp³-hybridized carbons (Fsp3) is 0.625. The van der Waals surface area contributed by atoms with Gasteiger partial charge in [0.1, 0.15) is 0 Å². The summed E-state index contributed by atoms with van der Waals surface area (Å²) in [5, 5.41) is 0. The fourth-order valence-electron chi connectivity index (χ4n) is 2.90. The van der Waals surface area contributed by atoms with E-state index in [0.29, 0.717) is 0 Å². The number of hydrogen-bond acceptors (Lipinski definition) is 2. The molecule has 1 aliphatic heterocycles. The molecule has 2 heteroatoms. The van der Waals surface area contributed by atoms with E-state index >= 15 is 0 Å². The quantitative estimate of drug-likeness (QED) is 0.825. The first-order chi connectivity index (χ1) is 8.74. The highest BCUT2D eigenvalue weighted by Gasteiger charge is 2.12. The molecule has 0 spiro atoms. The van der Waals surface area contributed by atoms with Crippen LogP contribution in [0, 0.1) is 0 Å². The van der Waals surface area contributed by atoms with Gasteiger partial charge in [-0.15, -0.1) is 0 Å². The van der Waals surface area contributed by atoms with Crippen molar-refractivity contribution in [2.75, 3.05) is 18.8 Å². The van der Waals surface area contributed by atoms with E-state index in [1.54, 1.807) is 0 Å². The van der Waals surface area contributed by atoms with Gasteiger partial charge < -0.3 is 5.73 Å². The molecular weight excluding hydrogens is 220 g/mol. The molecule has 0 aromatic heterocycles. The molecule has 0 atom stereocenters. The average Bonchev–Trinajstić information content (AvgIpc) is 2.41. The number of anilines is 1. The molecule has 1 aliphatic rings. The summed E-state index contributed by atoms with van der Waals surface area (Å²) in [7, 11) is 0. The summed E-state index contributed by atoms with van der Waals surface area (Å²) in [4.78, 5) is 2.58. The van der Waals surface area contributed by atoms with Gasteiger partial charge in [-0.2, -0.15) is 0 Å². The molecule has 2 N–H and O–H groups in total. The van der Waals surface area contributed by atoms with Gasteiger partial charge in [0.25, 0.3) is 0 Å². The highest BCUT2D eigenvalue weighted by Crippen LogP contribution is 2.23. The van der Waals surface area contributed by atoms with E-state index in [1.807, 2.05) is 0 Å². The maximum absolute atomic E-state index is 6.19. The van der Waals surface area contributed by atoms with E-state index in [1.165, 1.54) is 49.0 Å². The predicted molar refractivity (Wildman–Crippen MR) is 78.7 cm³/mol. The molecule has 1 heterocycles. The number of benzene rings is 1. The second kappa shape index (κ2) is 6.24. The van der Waals surface area contributed by atoms with Gasteiger partial charge in [0.15, 0.2) is 0 Å². The average molecular weight is 246 g/mol. The van der Waals surface area contributed by atoms with Crippen LogP contribution in [0.3, 0.4) is 0 Å². The highest BCUT2D eigenvalue weighted by atomic mass is 15.1. The number of rotatable bonds is 4. The molecule has 0 radical (unpaired) electrons. The number of likely N-dealkylation sites (tertiary alicyclic amines) is 1. The van der Waals surface area contributed by atoms with Crippen LogP contribution in [-0.4, -0.2) is 18.0 Å². The van der Waals surface area contributed by atoms with E-state index in [9.17, 15) is 0 Å². The Kier molecular flexibility index (Phi) is 4.65. The van der Waals surface area contributed by atoms with E-state index < -0.39 is 0 Å². The number of piperidine rings is 1. The summed E-state index contributed by atoms with van der Waals surface area (Å²) in [5.41, 5.74) is 11.3. The van der Waals surface area contributed by atoms with Crippen LogP contribution in [0.15, 0.2) is 12.1 Å². The van der Waals surface area contributed by atoms with Crippen LogP contribution in [0.2, 0.25) is 0 Å². The van der Waals surface area contributed by atoms with Crippen LogP contribution in [0.1, 0.15) is 49.8 Å². The first-order valence-corrected chi connectivity index (χ1v) is 7.37. The van der Waals surface area contributed by atoms with Crippen LogP contribution in [-0.2, 0) is 19.4 Å². The first-order valence-electron chi connectivity index (χ1n) is 7.37. The van der Waals surface area contributed by atoms with Crippen molar-refractivity contribution in [3.8, 4) is 0 Å². The third kappa shape index (κ3) is 3.05. The lowest BCUT2D eigenvalue weighted by Gasteiger charge is -2.27. The summed E-state index contributed by atoms with van der Waals surface area (Å²) in [6.07, 6.45) is 6.19. The number of hydrogen-bond donors (Lipinski definition) is 1. The third-order valence-electron chi connectivity index (χ3n) is 4.03. The zero-order valence-corrected chi connectivity index (χ0v) is 11.8. The summed E-state index contributed by atoms with van der Waals surface area (Å²) in [6.45, 7) is 7.99. The largest absolute Gasteiger partial charge is 0.398 e. The number of nitrogens with two attached hydrogens (primary N) is 1. The van der Waals surface area contributed by atoms with Crippen molar-refractivity contribution in [1.82, 2.24) is 4.90 Å². The van der Waals surface area contributed by atoms with E-state index in [4.69, 9.17) is 5.73 Å². The lowest BCUT2D eigenvalue weighted by atomic mass is 9.99. The monoisotopic (exact) mass is 246 g/mol. The molecule has 100 valence electrons. The van der Waals surface area contributed by atoms with Gasteiger partial charge >= 0.3 is 0 Å². The van der Waals surface area contributed by atoms with Crippen LogP contribution >= 0.6 is 0 Å². The minimum Gasteiger partial charge on any atom is -0.398 e. The van der Waals surface area contributed by atoms with Gasteiger partial charge in [-0.3, -0.25) is 4.90 Å². The zero-order chi connectivity index (χ0) is 13.0. The molecule has 0 amide bonds. The van der Waals surface area contributed by atoms with Gasteiger partial charge in [0.2, 0.25) is 0 Å². The molecule has 18 heavy (non-hydrogen) atoms. The Balaban J connectivity index is 2.16. The van der Waals surface area contributed by atoms with Crippen molar-refractivity contribution >= 4 is 5.69 Å². The Bertz CT molecular complexity index is 367. The van der Waals surface area contributed by atoms with Gasteiger partial charge in [0.05, 0.1) is 0 Å². The van der Waals surface area contributed by atoms with Crippen molar-refractivity contribution in [1.29, 1.82) is 0 Å². The lowest BCUT2D eigenvalue weighted by molar-refractivity contribution is 0.221. The Morgan fingerprint density at radius 3 is 2.06 bits per heavy atom. The smallest absolute Gasteiger partial charge is 0.0379 e. The van der Waals surface area contributed by atoms with Crippen molar-refractivity contribution < 1.29 is 0 Å². The minimum absolute atomic E-state index is 1.02. The Labute approximate surface area is 111 Å². The van der Waals surface area contributed by atoms with Gasteiger partial charge in [-0.1, -0.05) is 32.4 Å². The predicted octanol–water partition coefficient (Wildman–Crippen LogP) is 3.38. The standard InChI is InChI=1S/C16H26N2/c1-3-14-10-13(11-15(4-2)16(14)17)12-18-8-6-5-7-9-18/h10-11H,3-9,12,17H2,1-2H3. The zero-order valence-electron chi connectivity index (χ0n) is 11.8. The van der Waals surface area contributed by atoms with E-state index in [2.05, 4.69) is 30.9 Å². The van der Waals surface area contributed by atoms with Crippen LogP contribution < -0.4 is 5.73 Å². The number of nitrogens with zero attached hydrogens (tertiary/aromatic N) is 1. The molecule has 0 unspecified atom stereocenters. The molecule has 1 aromatic rings. The highest BCUT2D eigenvalue weighted by molar-refractivity contribution is 5.55. The molecular formula is C16H26N2.